The van der Waals surface area contributed by atoms with Crippen LogP contribution in [0.15, 0.2) is 53.8 Å². The summed E-state index contributed by atoms with van der Waals surface area (Å²) in [5.74, 6) is 0.898. The number of nitrogens with two attached hydrogens (primary N) is 1. The molecule has 2 aromatic heterocycles. The van der Waals surface area contributed by atoms with Gasteiger partial charge in [-0.25, -0.2) is 15.0 Å². The average Bonchev–Trinajstić information content (AvgIpc) is 2.60. The molecular formula is C19H19N5O. The van der Waals surface area contributed by atoms with E-state index in [-0.39, 0.29) is 17.4 Å². The Kier molecular flexibility index (Phi) is 3.80. The topological polar surface area (TPSA) is 86.7 Å². The standard InChI is InChI=1S/C19H19N5O/c1-24-18(25)8-17(23-19(24)20)16-7-6-15(16)13-4-2-12(3-5-13)14-9-21-11-22-10-14/h2-5,8-11,15-16H,6-7H2,1H3,(H2,20,23). The lowest BCUT2D eigenvalue weighted by atomic mass is 9.68. The second-order valence-electron chi connectivity index (χ2n) is 6.48. The molecule has 1 aromatic carbocycles. The van der Waals surface area contributed by atoms with Gasteiger partial charge in [0.1, 0.15) is 6.33 Å². The van der Waals surface area contributed by atoms with E-state index >= 15 is 0 Å². The zero-order valence-electron chi connectivity index (χ0n) is 14.0. The summed E-state index contributed by atoms with van der Waals surface area (Å²) >= 11 is 0. The van der Waals surface area contributed by atoms with Gasteiger partial charge in [0.25, 0.3) is 5.56 Å². The highest BCUT2D eigenvalue weighted by atomic mass is 16.1. The third kappa shape index (κ3) is 2.80. The third-order valence-electron chi connectivity index (χ3n) is 5.08. The molecular weight excluding hydrogens is 314 g/mol. The van der Waals surface area contributed by atoms with Crippen molar-refractivity contribution in [2.24, 2.45) is 7.05 Å². The molecule has 25 heavy (non-hydrogen) atoms. The molecule has 0 spiro atoms. The highest BCUT2D eigenvalue weighted by molar-refractivity contribution is 5.61. The van der Waals surface area contributed by atoms with Crippen LogP contribution in [0.2, 0.25) is 0 Å². The molecule has 2 N–H and O–H groups in total. The predicted octanol–water partition coefficient (Wildman–Crippen LogP) is 2.48. The fourth-order valence-electron chi connectivity index (χ4n) is 3.39. The van der Waals surface area contributed by atoms with E-state index in [0.717, 1.165) is 29.7 Å². The van der Waals surface area contributed by atoms with Gasteiger partial charge in [-0.1, -0.05) is 24.3 Å². The molecule has 0 radical (unpaired) electrons. The van der Waals surface area contributed by atoms with Crippen LogP contribution in [-0.2, 0) is 7.05 Å². The number of nitrogen functional groups attached to an aromatic ring is 1. The maximum Gasteiger partial charge on any atom is 0.254 e. The van der Waals surface area contributed by atoms with E-state index in [4.69, 9.17) is 5.73 Å². The Bertz CT molecular complexity index is 950. The number of anilines is 1. The second kappa shape index (κ2) is 6.12. The van der Waals surface area contributed by atoms with Crippen LogP contribution in [0.3, 0.4) is 0 Å². The van der Waals surface area contributed by atoms with Gasteiger partial charge in [0.05, 0.1) is 5.69 Å². The minimum absolute atomic E-state index is 0.104. The maximum absolute atomic E-state index is 12.0. The Morgan fingerprint density at radius 2 is 1.72 bits per heavy atom. The second-order valence-corrected chi connectivity index (χ2v) is 6.48. The van der Waals surface area contributed by atoms with Crippen molar-refractivity contribution in [1.29, 1.82) is 0 Å². The van der Waals surface area contributed by atoms with Gasteiger partial charge in [0.15, 0.2) is 0 Å². The smallest absolute Gasteiger partial charge is 0.254 e. The molecule has 126 valence electrons. The van der Waals surface area contributed by atoms with E-state index in [0.29, 0.717) is 5.92 Å². The van der Waals surface area contributed by atoms with E-state index in [1.165, 1.54) is 16.5 Å². The summed E-state index contributed by atoms with van der Waals surface area (Å²) in [6.07, 6.45) is 7.26. The molecule has 1 saturated carbocycles. The zero-order chi connectivity index (χ0) is 17.4. The third-order valence-corrected chi connectivity index (χ3v) is 5.08. The van der Waals surface area contributed by atoms with E-state index < -0.39 is 0 Å². The molecule has 1 fully saturated rings. The Balaban J connectivity index is 1.59. The van der Waals surface area contributed by atoms with Crippen molar-refractivity contribution in [2.75, 3.05) is 5.73 Å². The molecule has 2 atom stereocenters. The minimum atomic E-state index is -0.104. The van der Waals surface area contributed by atoms with Crippen molar-refractivity contribution in [3.05, 3.63) is 70.7 Å². The molecule has 0 bridgehead atoms. The fraction of sp³-hybridized carbons (Fsp3) is 0.263. The summed E-state index contributed by atoms with van der Waals surface area (Å²) in [6, 6.07) is 10.1. The van der Waals surface area contributed by atoms with Crippen LogP contribution in [0.25, 0.3) is 11.1 Å². The van der Waals surface area contributed by atoms with Crippen molar-refractivity contribution in [3.63, 3.8) is 0 Å². The zero-order valence-corrected chi connectivity index (χ0v) is 14.0. The first-order chi connectivity index (χ1) is 12.1. The van der Waals surface area contributed by atoms with Crippen LogP contribution in [-0.4, -0.2) is 19.5 Å². The lowest BCUT2D eigenvalue weighted by Gasteiger charge is -2.36. The summed E-state index contributed by atoms with van der Waals surface area (Å²) in [5, 5.41) is 0. The Morgan fingerprint density at radius 1 is 1.04 bits per heavy atom. The van der Waals surface area contributed by atoms with E-state index in [1.54, 1.807) is 25.5 Å². The van der Waals surface area contributed by atoms with Crippen molar-refractivity contribution in [2.45, 2.75) is 24.7 Å². The number of rotatable bonds is 3. The first-order valence-corrected chi connectivity index (χ1v) is 8.32. The maximum atomic E-state index is 12.0. The van der Waals surface area contributed by atoms with Gasteiger partial charge in [-0.3, -0.25) is 9.36 Å². The fourth-order valence-corrected chi connectivity index (χ4v) is 3.39. The molecule has 1 aliphatic carbocycles. The van der Waals surface area contributed by atoms with Gasteiger partial charge in [0.2, 0.25) is 5.95 Å². The first kappa shape index (κ1) is 15.5. The van der Waals surface area contributed by atoms with Crippen LogP contribution in [0.1, 0.15) is 35.9 Å². The van der Waals surface area contributed by atoms with Gasteiger partial charge in [0, 0.05) is 37.0 Å². The quantitative estimate of drug-likeness (QED) is 0.796. The Morgan fingerprint density at radius 3 is 2.32 bits per heavy atom. The van der Waals surface area contributed by atoms with Crippen molar-refractivity contribution < 1.29 is 0 Å². The minimum Gasteiger partial charge on any atom is -0.369 e. The van der Waals surface area contributed by atoms with Crippen molar-refractivity contribution in [3.8, 4) is 11.1 Å². The first-order valence-electron chi connectivity index (χ1n) is 8.32. The summed E-state index contributed by atoms with van der Waals surface area (Å²) in [5.41, 5.74) is 9.90. The van der Waals surface area contributed by atoms with Gasteiger partial charge >= 0.3 is 0 Å². The van der Waals surface area contributed by atoms with Crippen LogP contribution < -0.4 is 11.3 Å². The molecule has 0 saturated heterocycles. The molecule has 4 rings (SSSR count). The van der Waals surface area contributed by atoms with Crippen LogP contribution in [0.5, 0.6) is 0 Å². The van der Waals surface area contributed by atoms with E-state index in [2.05, 4.69) is 39.2 Å². The number of nitrogens with zero attached hydrogens (tertiary/aromatic N) is 4. The predicted molar refractivity (Wildman–Crippen MR) is 96.1 cm³/mol. The lowest BCUT2D eigenvalue weighted by Crippen LogP contribution is -2.28. The monoisotopic (exact) mass is 333 g/mol. The number of aromatic nitrogens is 4. The Hall–Kier alpha value is -3.02. The van der Waals surface area contributed by atoms with Crippen LogP contribution in [0.4, 0.5) is 5.95 Å². The van der Waals surface area contributed by atoms with Gasteiger partial charge in [-0.15, -0.1) is 0 Å². The number of hydrogen-bond donors (Lipinski definition) is 1. The largest absolute Gasteiger partial charge is 0.369 e. The van der Waals surface area contributed by atoms with Crippen molar-refractivity contribution in [1.82, 2.24) is 19.5 Å². The van der Waals surface area contributed by atoms with Crippen LogP contribution in [0, 0.1) is 0 Å². The molecule has 0 aliphatic heterocycles. The van der Waals surface area contributed by atoms with E-state index in [9.17, 15) is 4.79 Å². The van der Waals surface area contributed by atoms with Crippen LogP contribution >= 0.6 is 0 Å². The summed E-state index contributed by atoms with van der Waals surface area (Å²) in [4.78, 5) is 24.5. The summed E-state index contributed by atoms with van der Waals surface area (Å²) < 4.78 is 1.37. The summed E-state index contributed by atoms with van der Waals surface area (Å²) in [7, 11) is 1.64. The molecule has 2 heterocycles. The summed E-state index contributed by atoms with van der Waals surface area (Å²) in [6.45, 7) is 0. The van der Waals surface area contributed by atoms with Gasteiger partial charge < -0.3 is 5.73 Å². The number of hydrogen-bond acceptors (Lipinski definition) is 5. The normalized spacial score (nSPS) is 19.4. The van der Waals surface area contributed by atoms with Crippen molar-refractivity contribution >= 4 is 5.95 Å². The molecule has 2 unspecified atom stereocenters. The highest BCUT2D eigenvalue weighted by Crippen LogP contribution is 2.48. The van der Waals surface area contributed by atoms with Gasteiger partial charge in [-0.2, -0.15) is 0 Å². The molecule has 6 heteroatoms. The number of benzene rings is 1. The lowest BCUT2D eigenvalue weighted by molar-refractivity contribution is 0.339. The van der Waals surface area contributed by atoms with E-state index in [1.807, 2.05) is 0 Å². The molecule has 0 amide bonds. The highest BCUT2D eigenvalue weighted by Gasteiger charge is 2.34. The molecule has 1 aliphatic rings. The SMILES string of the molecule is Cn1c(N)nc(C2CCC2c2ccc(-c3cncnc3)cc2)cc1=O. The molecule has 3 aromatic rings. The Labute approximate surface area is 145 Å². The average molecular weight is 333 g/mol. The molecule has 6 nitrogen and oxygen atoms in total. The van der Waals surface area contributed by atoms with Gasteiger partial charge in [-0.05, 0) is 29.9 Å².